The minimum Gasteiger partial charge on any atom is -0.506 e. The molecule has 0 spiro atoms. The summed E-state index contributed by atoms with van der Waals surface area (Å²) in [6.07, 6.45) is -0.932. The maximum absolute atomic E-state index is 13.0. The number of halogens is 2. The molecule has 0 bridgehead atoms. The monoisotopic (exact) mass is 229 g/mol. The Labute approximate surface area is 89.7 Å². The van der Waals surface area contributed by atoms with Crippen molar-refractivity contribution in [3.05, 3.63) is 23.8 Å². The predicted octanol–water partition coefficient (Wildman–Crippen LogP) is 0.768. The zero-order valence-corrected chi connectivity index (χ0v) is 8.15. The van der Waals surface area contributed by atoms with Crippen molar-refractivity contribution in [1.82, 2.24) is 0 Å². The lowest BCUT2D eigenvalue weighted by Gasteiger charge is -2.17. The predicted molar refractivity (Wildman–Crippen MR) is 51.0 cm³/mol. The summed E-state index contributed by atoms with van der Waals surface area (Å²) < 4.78 is 25.7. The van der Waals surface area contributed by atoms with Crippen molar-refractivity contribution in [3.63, 3.8) is 0 Å². The quantitative estimate of drug-likeness (QED) is 0.747. The van der Waals surface area contributed by atoms with Crippen molar-refractivity contribution in [2.45, 2.75) is 12.5 Å². The van der Waals surface area contributed by atoms with Gasteiger partial charge in [0, 0.05) is 12.1 Å². The zero-order chi connectivity index (χ0) is 11.9. The molecule has 1 aromatic carbocycles. The standard InChI is InChI=1S/C10H9F2NO3/c11-6-2-8(9(15)3-7(6)12)13-4-5(14)1-10(13)16/h2-3,5,14-15H,1,4H2. The van der Waals surface area contributed by atoms with Gasteiger partial charge in [-0.05, 0) is 0 Å². The fraction of sp³-hybridized carbons (Fsp3) is 0.300. The molecule has 0 aliphatic carbocycles. The van der Waals surface area contributed by atoms with E-state index in [1.165, 1.54) is 0 Å². The summed E-state index contributed by atoms with van der Waals surface area (Å²) in [5.41, 5.74) is -0.125. The molecule has 1 saturated heterocycles. The minimum absolute atomic E-state index is 0.0303. The number of carbonyl (C=O) groups excluding carboxylic acids is 1. The molecule has 1 atom stereocenters. The number of aliphatic hydroxyl groups excluding tert-OH is 1. The number of phenols is 1. The number of rotatable bonds is 1. The molecule has 1 aliphatic rings. The van der Waals surface area contributed by atoms with Crippen LogP contribution in [0.5, 0.6) is 5.75 Å². The molecule has 1 aromatic rings. The molecule has 1 aliphatic heterocycles. The Kier molecular flexibility index (Phi) is 2.51. The molecule has 1 heterocycles. The molecule has 1 unspecified atom stereocenters. The van der Waals surface area contributed by atoms with Gasteiger partial charge < -0.3 is 15.1 Å². The third kappa shape index (κ3) is 1.71. The van der Waals surface area contributed by atoms with Crippen LogP contribution in [-0.4, -0.2) is 28.8 Å². The molecule has 86 valence electrons. The van der Waals surface area contributed by atoms with Crippen LogP contribution in [0.15, 0.2) is 12.1 Å². The van der Waals surface area contributed by atoms with Gasteiger partial charge in [0.15, 0.2) is 11.6 Å². The maximum Gasteiger partial charge on any atom is 0.229 e. The zero-order valence-electron chi connectivity index (χ0n) is 8.15. The van der Waals surface area contributed by atoms with E-state index in [2.05, 4.69) is 0 Å². The Balaban J connectivity index is 2.41. The molecule has 2 rings (SSSR count). The Hall–Kier alpha value is -1.69. The second kappa shape index (κ2) is 3.71. The van der Waals surface area contributed by atoms with Gasteiger partial charge in [-0.15, -0.1) is 0 Å². The van der Waals surface area contributed by atoms with E-state index in [0.717, 1.165) is 11.0 Å². The fourth-order valence-corrected chi connectivity index (χ4v) is 1.66. The van der Waals surface area contributed by atoms with Crippen LogP contribution in [-0.2, 0) is 4.79 Å². The lowest BCUT2D eigenvalue weighted by atomic mass is 10.2. The highest BCUT2D eigenvalue weighted by atomic mass is 19.2. The number of benzene rings is 1. The molecule has 0 saturated carbocycles. The summed E-state index contributed by atoms with van der Waals surface area (Å²) in [5.74, 6) is -3.30. The first-order valence-corrected chi connectivity index (χ1v) is 4.65. The van der Waals surface area contributed by atoms with Gasteiger partial charge in [0.25, 0.3) is 0 Å². The van der Waals surface area contributed by atoms with Gasteiger partial charge in [0.1, 0.15) is 5.75 Å². The van der Waals surface area contributed by atoms with Gasteiger partial charge in [0.05, 0.1) is 24.8 Å². The number of phenolic OH excluding ortho intramolecular Hbond substituents is 1. The second-order valence-electron chi connectivity index (χ2n) is 3.62. The van der Waals surface area contributed by atoms with Crippen molar-refractivity contribution in [1.29, 1.82) is 0 Å². The minimum atomic E-state index is -1.19. The third-order valence-corrected chi connectivity index (χ3v) is 2.41. The van der Waals surface area contributed by atoms with Crippen LogP contribution in [0.1, 0.15) is 6.42 Å². The summed E-state index contributed by atoms with van der Waals surface area (Å²) in [7, 11) is 0. The van der Waals surface area contributed by atoms with E-state index in [1.54, 1.807) is 0 Å². The van der Waals surface area contributed by atoms with Gasteiger partial charge in [-0.25, -0.2) is 8.78 Å². The molecule has 1 fully saturated rings. The normalized spacial score (nSPS) is 20.6. The molecule has 1 amide bonds. The molecule has 0 radical (unpaired) electrons. The Morgan fingerprint density at radius 1 is 1.31 bits per heavy atom. The number of anilines is 1. The fourth-order valence-electron chi connectivity index (χ4n) is 1.66. The number of aliphatic hydroxyl groups is 1. The van der Waals surface area contributed by atoms with Crippen molar-refractivity contribution in [3.8, 4) is 5.75 Å². The molecular formula is C10H9F2NO3. The molecule has 16 heavy (non-hydrogen) atoms. The molecular weight excluding hydrogens is 220 g/mol. The van der Waals surface area contributed by atoms with Crippen LogP contribution in [0.2, 0.25) is 0 Å². The number of β-amino-alcohol motifs (C(OH)–C–C–N with tert-alkyl or cyclic N) is 1. The Morgan fingerprint density at radius 3 is 2.50 bits per heavy atom. The number of nitrogens with zero attached hydrogens (tertiary/aromatic N) is 1. The topological polar surface area (TPSA) is 60.8 Å². The third-order valence-electron chi connectivity index (χ3n) is 2.41. The van der Waals surface area contributed by atoms with E-state index in [9.17, 15) is 23.8 Å². The SMILES string of the molecule is O=C1CC(O)CN1c1cc(F)c(F)cc1O. The first kappa shape index (κ1) is 10.8. The van der Waals surface area contributed by atoms with Crippen LogP contribution >= 0.6 is 0 Å². The van der Waals surface area contributed by atoms with Crippen molar-refractivity contribution < 1.29 is 23.8 Å². The number of carbonyl (C=O) groups is 1. The maximum atomic E-state index is 13.0. The van der Waals surface area contributed by atoms with Crippen LogP contribution in [0.25, 0.3) is 0 Å². The van der Waals surface area contributed by atoms with Crippen LogP contribution in [0.3, 0.4) is 0 Å². The largest absolute Gasteiger partial charge is 0.506 e. The van der Waals surface area contributed by atoms with Gasteiger partial charge in [-0.1, -0.05) is 0 Å². The van der Waals surface area contributed by atoms with Crippen molar-refractivity contribution in [2.24, 2.45) is 0 Å². The number of amides is 1. The summed E-state index contributed by atoms with van der Waals surface area (Å²) in [5, 5.41) is 18.6. The van der Waals surface area contributed by atoms with Gasteiger partial charge >= 0.3 is 0 Å². The lowest BCUT2D eigenvalue weighted by molar-refractivity contribution is -0.117. The van der Waals surface area contributed by atoms with E-state index < -0.39 is 29.4 Å². The average molecular weight is 229 g/mol. The smallest absolute Gasteiger partial charge is 0.229 e. The van der Waals surface area contributed by atoms with Crippen molar-refractivity contribution >= 4 is 11.6 Å². The van der Waals surface area contributed by atoms with Gasteiger partial charge in [-0.3, -0.25) is 4.79 Å². The number of aromatic hydroxyl groups is 1. The first-order chi connectivity index (χ1) is 7.49. The molecule has 6 heteroatoms. The highest BCUT2D eigenvalue weighted by molar-refractivity contribution is 5.97. The van der Waals surface area contributed by atoms with E-state index in [4.69, 9.17) is 0 Å². The summed E-state index contributed by atoms with van der Waals surface area (Å²) >= 11 is 0. The summed E-state index contributed by atoms with van der Waals surface area (Å²) in [6, 6.07) is 1.34. The second-order valence-corrected chi connectivity index (χ2v) is 3.62. The van der Waals surface area contributed by atoms with E-state index in [-0.39, 0.29) is 18.7 Å². The Bertz CT molecular complexity index is 450. The summed E-state index contributed by atoms with van der Waals surface area (Å²) in [4.78, 5) is 12.4. The summed E-state index contributed by atoms with van der Waals surface area (Å²) in [6.45, 7) is -0.0303. The van der Waals surface area contributed by atoms with Crippen LogP contribution in [0, 0.1) is 11.6 Å². The Morgan fingerprint density at radius 2 is 1.94 bits per heavy atom. The van der Waals surface area contributed by atoms with E-state index >= 15 is 0 Å². The highest BCUT2D eigenvalue weighted by Gasteiger charge is 2.31. The van der Waals surface area contributed by atoms with Crippen LogP contribution in [0.4, 0.5) is 14.5 Å². The van der Waals surface area contributed by atoms with E-state index in [1.807, 2.05) is 0 Å². The lowest BCUT2D eigenvalue weighted by Crippen LogP contribution is -2.25. The number of hydrogen-bond acceptors (Lipinski definition) is 3. The highest BCUT2D eigenvalue weighted by Crippen LogP contribution is 2.32. The first-order valence-electron chi connectivity index (χ1n) is 4.65. The van der Waals surface area contributed by atoms with Crippen molar-refractivity contribution in [2.75, 3.05) is 11.4 Å². The van der Waals surface area contributed by atoms with E-state index in [0.29, 0.717) is 6.07 Å². The van der Waals surface area contributed by atoms with Gasteiger partial charge in [0.2, 0.25) is 5.91 Å². The average Bonchev–Trinajstić information content (AvgIpc) is 2.51. The molecule has 4 nitrogen and oxygen atoms in total. The molecule has 0 aromatic heterocycles. The molecule has 2 N–H and O–H groups in total. The van der Waals surface area contributed by atoms with Crippen LogP contribution < -0.4 is 4.90 Å². The number of hydrogen-bond donors (Lipinski definition) is 2. The van der Waals surface area contributed by atoms with Gasteiger partial charge in [-0.2, -0.15) is 0 Å².